The molecule has 10 heteroatoms. The summed E-state index contributed by atoms with van der Waals surface area (Å²) in [5.41, 5.74) is -1.09. The highest BCUT2D eigenvalue weighted by Gasteiger charge is 2.34. The number of ether oxygens (including phenoxy) is 1. The largest absolute Gasteiger partial charge is 0.486 e. The Labute approximate surface area is 163 Å². The molecule has 2 aromatic carbocycles. The smallest absolute Gasteiger partial charge is 0.416 e. The van der Waals surface area contributed by atoms with Crippen LogP contribution in [-0.4, -0.2) is 26.7 Å². The zero-order valence-corrected chi connectivity index (χ0v) is 15.7. The minimum absolute atomic E-state index is 0.137. The van der Waals surface area contributed by atoms with Crippen LogP contribution in [-0.2, 0) is 25.5 Å². The van der Waals surface area contributed by atoms with Crippen molar-refractivity contribution in [1.29, 1.82) is 0 Å². The van der Waals surface area contributed by atoms with E-state index in [0.717, 1.165) is 12.1 Å². The Hall–Kier alpha value is -2.52. The van der Waals surface area contributed by atoms with Gasteiger partial charge in [-0.2, -0.15) is 13.2 Å². The Morgan fingerprint density at radius 3 is 2.43 bits per heavy atom. The summed E-state index contributed by atoms with van der Waals surface area (Å²) in [6.45, 7) is -0.252. The fourth-order valence-corrected chi connectivity index (χ4v) is 4.21. The van der Waals surface area contributed by atoms with Crippen LogP contribution in [0.3, 0.4) is 0 Å². The summed E-state index contributed by atoms with van der Waals surface area (Å²) >= 11 is 5.88. The van der Waals surface area contributed by atoms with E-state index in [-0.39, 0.29) is 33.5 Å². The molecule has 0 saturated heterocycles. The van der Waals surface area contributed by atoms with Gasteiger partial charge in [-0.1, -0.05) is 41.9 Å². The van der Waals surface area contributed by atoms with E-state index in [0.29, 0.717) is 6.07 Å². The molecule has 1 heterocycles. The second-order valence-electron chi connectivity index (χ2n) is 5.84. The molecule has 0 spiro atoms. The van der Waals surface area contributed by atoms with Gasteiger partial charge in [-0.15, -0.1) is 0 Å². The molecule has 28 heavy (non-hydrogen) atoms. The fraction of sp³-hybridized carbons (Fsp3) is 0.167. The van der Waals surface area contributed by atoms with E-state index in [2.05, 4.69) is 5.32 Å². The van der Waals surface area contributed by atoms with Gasteiger partial charge in [0.2, 0.25) is 5.76 Å². The Balaban J connectivity index is 2.04. The number of sulfone groups is 1. The lowest BCUT2D eigenvalue weighted by atomic mass is 10.1. The van der Waals surface area contributed by atoms with E-state index in [1.54, 1.807) is 18.2 Å². The molecule has 0 saturated carbocycles. The van der Waals surface area contributed by atoms with Crippen LogP contribution in [0.4, 0.5) is 18.9 Å². The summed E-state index contributed by atoms with van der Waals surface area (Å²) in [7, 11) is -3.82. The first-order valence-corrected chi connectivity index (χ1v) is 9.96. The zero-order chi connectivity index (χ0) is 20.5. The molecule has 1 aliphatic rings. The topological polar surface area (TPSA) is 72.5 Å². The minimum atomic E-state index is -4.64. The molecule has 1 N–H and O–H groups in total. The molecule has 2 aromatic rings. The van der Waals surface area contributed by atoms with Crippen molar-refractivity contribution in [3.8, 4) is 0 Å². The molecular weight excluding hydrogens is 419 g/mol. The lowest BCUT2D eigenvalue weighted by Gasteiger charge is -2.21. The van der Waals surface area contributed by atoms with Crippen LogP contribution in [0.5, 0.6) is 0 Å². The minimum Gasteiger partial charge on any atom is -0.486 e. The van der Waals surface area contributed by atoms with Crippen LogP contribution in [0.25, 0.3) is 4.91 Å². The maximum absolute atomic E-state index is 12.9. The normalized spacial score (nSPS) is 16.4. The Bertz CT molecular complexity index is 1050. The molecule has 0 aliphatic carbocycles. The van der Waals surface area contributed by atoms with Crippen molar-refractivity contribution < 1.29 is 31.1 Å². The summed E-state index contributed by atoms with van der Waals surface area (Å²) in [4.78, 5) is 12.3. The van der Waals surface area contributed by atoms with Crippen molar-refractivity contribution in [3.63, 3.8) is 0 Å². The summed E-state index contributed by atoms with van der Waals surface area (Å²) in [6, 6.07) is 10.3. The SMILES string of the molecule is O=C(Nc1cc(C(F)(F)F)ccc1Cl)C1=C(c2ccccc2)S(=O)(=O)CCO1. The van der Waals surface area contributed by atoms with Gasteiger partial charge in [0.05, 0.1) is 22.0 Å². The number of alkyl halides is 3. The Morgan fingerprint density at radius 1 is 1.11 bits per heavy atom. The molecular formula is C18H13ClF3NO4S. The van der Waals surface area contributed by atoms with Gasteiger partial charge < -0.3 is 10.1 Å². The summed E-state index contributed by atoms with van der Waals surface area (Å²) in [5.74, 6) is -1.83. The van der Waals surface area contributed by atoms with Crippen molar-refractivity contribution in [2.45, 2.75) is 6.18 Å². The summed E-state index contributed by atoms with van der Waals surface area (Å²) in [6.07, 6.45) is -4.64. The van der Waals surface area contributed by atoms with Gasteiger partial charge in [-0.05, 0) is 23.8 Å². The van der Waals surface area contributed by atoms with Crippen LogP contribution in [0.15, 0.2) is 54.3 Å². The molecule has 0 bridgehead atoms. The number of benzene rings is 2. The predicted molar refractivity (Wildman–Crippen MR) is 98.2 cm³/mol. The lowest BCUT2D eigenvalue weighted by molar-refractivity contribution is -0.137. The fourth-order valence-electron chi connectivity index (χ4n) is 2.61. The van der Waals surface area contributed by atoms with Crippen LogP contribution in [0.1, 0.15) is 11.1 Å². The molecule has 1 amide bonds. The number of nitrogens with one attached hydrogen (secondary N) is 1. The number of hydrogen-bond donors (Lipinski definition) is 1. The highest BCUT2D eigenvalue weighted by molar-refractivity contribution is 8.00. The number of carbonyl (C=O) groups is 1. The number of anilines is 1. The number of rotatable bonds is 3. The van der Waals surface area contributed by atoms with Crippen LogP contribution in [0, 0.1) is 0 Å². The second-order valence-corrected chi connectivity index (χ2v) is 8.29. The molecule has 0 radical (unpaired) electrons. The van der Waals surface area contributed by atoms with Crippen molar-refractivity contribution in [1.82, 2.24) is 0 Å². The van der Waals surface area contributed by atoms with E-state index >= 15 is 0 Å². The summed E-state index contributed by atoms with van der Waals surface area (Å²) < 4.78 is 69.0. The van der Waals surface area contributed by atoms with Gasteiger partial charge in [-0.3, -0.25) is 4.79 Å². The van der Waals surface area contributed by atoms with Crippen LogP contribution < -0.4 is 5.32 Å². The molecule has 3 rings (SSSR count). The van der Waals surface area contributed by atoms with E-state index in [9.17, 15) is 26.4 Å². The molecule has 0 unspecified atom stereocenters. The first-order valence-electron chi connectivity index (χ1n) is 7.93. The van der Waals surface area contributed by atoms with E-state index in [1.165, 1.54) is 12.1 Å². The number of carbonyl (C=O) groups excluding carboxylic acids is 1. The molecule has 148 valence electrons. The maximum atomic E-state index is 12.9. The zero-order valence-electron chi connectivity index (χ0n) is 14.1. The van der Waals surface area contributed by atoms with Crippen molar-refractivity contribution in [2.75, 3.05) is 17.7 Å². The van der Waals surface area contributed by atoms with Crippen molar-refractivity contribution >= 4 is 37.9 Å². The van der Waals surface area contributed by atoms with E-state index < -0.39 is 33.2 Å². The van der Waals surface area contributed by atoms with E-state index in [4.69, 9.17) is 16.3 Å². The predicted octanol–water partition coefficient (Wildman–Crippen LogP) is 4.11. The molecule has 1 aliphatic heterocycles. The van der Waals surface area contributed by atoms with Crippen LogP contribution >= 0.6 is 11.6 Å². The van der Waals surface area contributed by atoms with Gasteiger partial charge >= 0.3 is 6.18 Å². The Kier molecular flexibility index (Phi) is 5.40. The van der Waals surface area contributed by atoms with Gasteiger partial charge in [0.1, 0.15) is 11.5 Å². The van der Waals surface area contributed by atoms with Crippen molar-refractivity contribution in [3.05, 3.63) is 70.4 Å². The van der Waals surface area contributed by atoms with Gasteiger partial charge in [0, 0.05) is 0 Å². The average Bonchev–Trinajstić information content (AvgIpc) is 2.62. The first-order chi connectivity index (χ1) is 13.1. The third-order valence-electron chi connectivity index (χ3n) is 3.90. The summed E-state index contributed by atoms with van der Waals surface area (Å²) in [5, 5.41) is 2.07. The Morgan fingerprint density at radius 2 is 1.79 bits per heavy atom. The first kappa shape index (κ1) is 20.2. The van der Waals surface area contributed by atoms with Gasteiger partial charge in [0.25, 0.3) is 5.91 Å². The van der Waals surface area contributed by atoms with E-state index in [1.807, 2.05) is 0 Å². The van der Waals surface area contributed by atoms with Crippen LogP contribution in [0.2, 0.25) is 5.02 Å². The lowest BCUT2D eigenvalue weighted by Crippen LogP contribution is -2.28. The third-order valence-corrected chi connectivity index (χ3v) is 5.98. The quantitative estimate of drug-likeness (QED) is 0.793. The number of halogens is 4. The standard InChI is InChI=1S/C18H13ClF3NO4S/c19-13-7-6-12(18(20,21)22)10-14(13)23-17(24)15-16(11-4-2-1-3-5-11)28(25,26)9-8-27-15/h1-7,10H,8-9H2,(H,23,24). The molecule has 5 nitrogen and oxygen atoms in total. The highest BCUT2D eigenvalue weighted by Crippen LogP contribution is 2.35. The molecule has 0 fully saturated rings. The van der Waals surface area contributed by atoms with Gasteiger partial charge in [-0.25, -0.2) is 8.42 Å². The molecule has 0 atom stereocenters. The number of amides is 1. The highest BCUT2D eigenvalue weighted by atomic mass is 35.5. The monoisotopic (exact) mass is 431 g/mol. The average molecular weight is 432 g/mol. The third kappa shape index (κ3) is 4.15. The van der Waals surface area contributed by atoms with Gasteiger partial charge in [0.15, 0.2) is 9.84 Å². The molecule has 0 aromatic heterocycles. The number of hydrogen-bond acceptors (Lipinski definition) is 4. The second kappa shape index (κ2) is 7.48. The van der Waals surface area contributed by atoms with Crippen molar-refractivity contribution in [2.24, 2.45) is 0 Å². The maximum Gasteiger partial charge on any atom is 0.416 e.